The molecule has 1 fully saturated rings. The summed E-state index contributed by atoms with van der Waals surface area (Å²) in [4.78, 5) is 26.6. The Balaban J connectivity index is 2.19. The molecule has 0 bridgehead atoms. The van der Waals surface area contributed by atoms with Crippen LogP contribution in [0.5, 0.6) is 0 Å². The molecule has 1 aliphatic heterocycles. The van der Waals surface area contributed by atoms with Gasteiger partial charge in [0.05, 0.1) is 0 Å². The molecule has 0 aromatic heterocycles. The molecule has 1 aliphatic rings. The van der Waals surface area contributed by atoms with Gasteiger partial charge in [-0.05, 0) is 37.0 Å². The molecule has 0 spiro atoms. The van der Waals surface area contributed by atoms with Crippen molar-refractivity contribution in [3.63, 3.8) is 0 Å². The van der Waals surface area contributed by atoms with Gasteiger partial charge in [0.1, 0.15) is 6.54 Å². The third-order valence-corrected chi connectivity index (χ3v) is 3.93. The number of likely N-dealkylation sites (tertiary alicyclic amines) is 1. The van der Waals surface area contributed by atoms with E-state index in [1.807, 2.05) is 0 Å². The van der Waals surface area contributed by atoms with Gasteiger partial charge in [-0.1, -0.05) is 24.6 Å². The highest BCUT2D eigenvalue weighted by atomic mass is 35.5. The fourth-order valence-electron chi connectivity index (χ4n) is 2.42. The van der Waals surface area contributed by atoms with Crippen LogP contribution in [0.1, 0.15) is 19.8 Å². The molecule has 1 aromatic rings. The van der Waals surface area contributed by atoms with Crippen molar-refractivity contribution in [3.05, 3.63) is 29.3 Å². The Bertz CT molecular complexity index is 527. The number of hydrogen-bond donors (Lipinski definition) is 1. The van der Waals surface area contributed by atoms with Gasteiger partial charge in [-0.3, -0.25) is 9.69 Å². The van der Waals surface area contributed by atoms with Gasteiger partial charge in [0.25, 0.3) is 0 Å². The minimum absolute atomic E-state index is 0.272. The van der Waals surface area contributed by atoms with Crippen LogP contribution in [0.25, 0.3) is 0 Å². The summed E-state index contributed by atoms with van der Waals surface area (Å²) in [5.74, 6) is -0.443. The van der Waals surface area contributed by atoms with E-state index in [9.17, 15) is 9.59 Å². The van der Waals surface area contributed by atoms with E-state index in [-0.39, 0.29) is 12.6 Å². The first-order valence-electron chi connectivity index (χ1n) is 7.01. The molecule has 1 saturated heterocycles. The maximum atomic E-state index is 12.6. The number of benzene rings is 1. The average molecular weight is 311 g/mol. The summed E-state index contributed by atoms with van der Waals surface area (Å²) in [7, 11) is 0. The van der Waals surface area contributed by atoms with Crippen LogP contribution < -0.4 is 4.90 Å². The number of carboxylic acid groups (broad SMARTS) is 1. The van der Waals surface area contributed by atoms with Crippen molar-refractivity contribution < 1.29 is 14.7 Å². The molecule has 0 saturated carbocycles. The number of halogens is 1. The van der Waals surface area contributed by atoms with E-state index in [2.05, 4.69) is 6.92 Å². The summed E-state index contributed by atoms with van der Waals surface area (Å²) >= 11 is 5.94. The molecule has 21 heavy (non-hydrogen) atoms. The number of piperidine rings is 1. The van der Waals surface area contributed by atoms with Crippen LogP contribution in [0.2, 0.25) is 5.02 Å². The summed E-state index contributed by atoms with van der Waals surface area (Å²) < 4.78 is 0. The minimum Gasteiger partial charge on any atom is -0.480 e. The molecule has 5 nitrogen and oxygen atoms in total. The van der Waals surface area contributed by atoms with Crippen molar-refractivity contribution in [3.8, 4) is 0 Å². The topological polar surface area (TPSA) is 60.9 Å². The fraction of sp³-hybridized carbons (Fsp3) is 0.467. The van der Waals surface area contributed by atoms with Crippen LogP contribution >= 0.6 is 11.6 Å². The predicted molar refractivity (Wildman–Crippen MR) is 81.8 cm³/mol. The predicted octanol–water partition coefficient (Wildman–Crippen LogP) is 3.08. The van der Waals surface area contributed by atoms with E-state index in [4.69, 9.17) is 16.7 Å². The van der Waals surface area contributed by atoms with Gasteiger partial charge in [0.2, 0.25) is 0 Å². The molecular weight excluding hydrogens is 292 g/mol. The smallest absolute Gasteiger partial charge is 0.325 e. The molecule has 2 amide bonds. The van der Waals surface area contributed by atoms with Crippen LogP contribution in [-0.2, 0) is 4.79 Å². The van der Waals surface area contributed by atoms with Gasteiger partial charge in [-0.15, -0.1) is 0 Å². The highest BCUT2D eigenvalue weighted by Crippen LogP contribution is 2.23. The number of hydrogen-bond acceptors (Lipinski definition) is 2. The third-order valence-electron chi connectivity index (χ3n) is 3.70. The van der Waals surface area contributed by atoms with E-state index in [1.54, 1.807) is 29.2 Å². The maximum absolute atomic E-state index is 12.6. The highest BCUT2D eigenvalue weighted by molar-refractivity contribution is 6.30. The highest BCUT2D eigenvalue weighted by Gasteiger charge is 2.27. The van der Waals surface area contributed by atoms with Gasteiger partial charge in [0, 0.05) is 23.8 Å². The summed E-state index contributed by atoms with van der Waals surface area (Å²) in [6.07, 6.45) is 1.89. The lowest BCUT2D eigenvalue weighted by molar-refractivity contribution is -0.135. The molecule has 6 heteroatoms. The molecule has 2 rings (SSSR count). The largest absolute Gasteiger partial charge is 0.480 e. The first-order valence-corrected chi connectivity index (χ1v) is 7.39. The Morgan fingerprint density at radius 2 is 2.05 bits per heavy atom. The number of aliphatic carboxylic acids is 1. The first kappa shape index (κ1) is 15.6. The molecule has 0 atom stereocenters. The lowest BCUT2D eigenvalue weighted by atomic mass is 9.99. The number of carbonyl (C=O) groups excluding carboxylic acids is 1. The SMILES string of the molecule is CC1CCN(C(=O)N(CC(=O)O)c2cccc(Cl)c2)CC1. The average Bonchev–Trinajstić information content (AvgIpc) is 2.44. The van der Waals surface area contributed by atoms with Gasteiger partial charge < -0.3 is 10.0 Å². The van der Waals surface area contributed by atoms with Gasteiger partial charge in [-0.2, -0.15) is 0 Å². The number of rotatable bonds is 3. The van der Waals surface area contributed by atoms with Crippen molar-refractivity contribution >= 4 is 29.3 Å². The van der Waals surface area contributed by atoms with Gasteiger partial charge in [0.15, 0.2) is 0 Å². The van der Waals surface area contributed by atoms with Crippen molar-refractivity contribution in [1.29, 1.82) is 0 Å². The Morgan fingerprint density at radius 1 is 1.38 bits per heavy atom. The maximum Gasteiger partial charge on any atom is 0.325 e. The van der Waals surface area contributed by atoms with Crippen LogP contribution in [0, 0.1) is 5.92 Å². The zero-order chi connectivity index (χ0) is 15.4. The van der Waals surface area contributed by atoms with Crippen LogP contribution in [-0.4, -0.2) is 41.6 Å². The fourth-order valence-corrected chi connectivity index (χ4v) is 2.60. The number of urea groups is 1. The lowest BCUT2D eigenvalue weighted by Crippen LogP contribution is -2.48. The molecule has 0 aliphatic carbocycles. The third kappa shape index (κ3) is 4.11. The standard InChI is InChI=1S/C15H19ClN2O3/c1-11-5-7-17(8-6-11)15(21)18(10-14(19)20)13-4-2-3-12(16)9-13/h2-4,9,11H,5-8,10H2,1H3,(H,19,20). The van der Waals surface area contributed by atoms with E-state index >= 15 is 0 Å². The molecule has 0 radical (unpaired) electrons. The monoisotopic (exact) mass is 310 g/mol. The Hall–Kier alpha value is -1.75. The molecular formula is C15H19ClN2O3. The Kier molecular flexibility index (Phi) is 5.07. The Morgan fingerprint density at radius 3 is 2.62 bits per heavy atom. The zero-order valence-electron chi connectivity index (χ0n) is 12.0. The summed E-state index contributed by atoms with van der Waals surface area (Å²) in [5, 5.41) is 9.53. The lowest BCUT2D eigenvalue weighted by Gasteiger charge is -2.34. The van der Waals surface area contributed by atoms with Crippen molar-refractivity contribution in [1.82, 2.24) is 4.90 Å². The second-order valence-corrected chi connectivity index (χ2v) is 5.85. The van der Waals surface area contributed by atoms with Gasteiger partial charge >= 0.3 is 12.0 Å². The van der Waals surface area contributed by atoms with Gasteiger partial charge in [-0.25, -0.2) is 4.79 Å². The van der Waals surface area contributed by atoms with Crippen molar-refractivity contribution in [2.24, 2.45) is 5.92 Å². The minimum atomic E-state index is -1.05. The zero-order valence-corrected chi connectivity index (χ0v) is 12.7. The number of carbonyl (C=O) groups is 2. The molecule has 1 heterocycles. The molecule has 1 aromatic carbocycles. The number of anilines is 1. The number of nitrogens with zero attached hydrogens (tertiary/aromatic N) is 2. The van der Waals surface area contributed by atoms with Crippen molar-refractivity contribution in [2.75, 3.05) is 24.5 Å². The quantitative estimate of drug-likeness (QED) is 0.933. The van der Waals surface area contributed by atoms with E-state index in [0.29, 0.717) is 29.7 Å². The normalized spacial score (nSPS) is 15.8. The van der Waals surface area contributed by atoms with Crippen LogP contribution in [0.4, 0.5) is 10.5 Å². The summed E-state index contributed by atoms with van der Waals surface area (Å²) in [6.45, 7) is 3.12. The van der Waals surface area contributed by atoms with E-state index in [0.717, 1.165) is 12.8 Å². The van der Waals surface area contributed by atoms with E-state index in [1.165, 1.54) is 4.90 Å². The Labute approximate surface area is 129 Å². The molecule has 0 unspecified atom stereocenters. The van der Waals surface area contributed by atoms with Crippen LogP contribution in [0.15, 0.2) is 24.3 Å². The number of carboxylic acids is 1. The molecule has 1 N–H and O–H groups in total. The second kappa shape index (κ2) is 6.80. The summed E-state index contributed by atoms with van der Waals surface area (Å²) in [5.41, 5.74) is 0.508. The second-order valence-electron chi connectivity index (χ2n) is 5.41. The molecule has 114 valence electrons. The van der Waals surface area contributed by atoms with E-state index < -0.39 is 5.97 Å². The summed E-state index contributed by atoms with van der Waals surface area (Å²) in [6, 6.07) is 6.43. The van der Waals surface area contributed by atoms with Crippen molar-refractivity contribution in [2.45, 2.75) is 19.8 Å². The number of amides is 2. The van der Waals surface area contributed by atoms with Crippen LogP contribution in [0.3, 0.4) is 0 Å². The first-order chi connectivity index (χ1) is 9.97.